The molecule has 1 heterocycles. The van der Waals surface area contributed by atoms with Gasteiger partial charge < -0.3 is 11.1 Å². The zero-order valence-corrected chi connectivity index (χ0v) is 5.75. The van der Waals surface area contributed by atoms with Crippen LogP contribution in [0.4, 0.5) is 0 Å². The maximum Gasteiger partial charge on any atom is 0.0431 e. The number of aromatic nitrogens is 1. The molecule has 1 aromatic rings. The zero-order chi connectivity index (χ0) is 7.23. The van der Waals surface area contributed by atoms with Crippen LogP contribution in [0, 0.1) is 0 Å². The van der Waals surface area contributed by atoms with Crippen LogP contribution in [0.2, 0.25) is 0 Å². The van der Waals surface area contributed by atoms with E-state index in [1.807, 2.05) is 18.3 Å². The number of nitrogens with one attached hydrogen (secondary N) is 1. The van der Waals surface area contributed by atoms with Crippen LogP contribution < -0.4 is 11.1 Å². The Morgan fingerprint density at radius 1 is 1.60 bits per heavy atom. The molecule has 0 spiro atoms. The molecule has 3 heteroatoms. The van der Waals surface area contributed by atoms with Gasteiger partial charge in [-0.05, 0) is 11.6 Å². The summed E-state index contributed by atoms with van der Waals surface area (Å²) >= 11 is 0. The first kappa shape index (κ1) is 7.18. The van der Waals surface area contributed by atoms with Gasteiger partial charge in [0.05, 0.1) is 0 Å². The molecule has 0 radical (unpaired) electrons. The monoisotopic (exact) mass is 137 g/mol. The molecular formula is C7H11N3. The molecule has 0 fully saturated rings. The minimum absolute atomic E-state index is 0.509. The van der Waals surface area contributed by atoms with Gasteiger partial charge in [-0.1, -0.05) is 6.07 Å². The normalized spacial score (nSPS) is 9.70. The van der Waals surface area contributed by atoms with Crippen molar-refractivity contribution in [2.24, 2.45) is 5.73 Å². The third-order valence-electron chi connectivity index (χ3n) is 1.20. The molecule has 54 valence electrons. The molecule has 0 saturated heterocycles. The predicted octanol–water partition coefficient (Wildman–Crippen LogP) is 0.0874. The minimum Gasteiger partial charge on any atom is -0.318 e. The molecular weight excluding hydrogens is 126 g/mol. The van der Waals surface area contributed by atoms with Gasteiger partial charge in [0.25, 0.3) is 0 Å². The van der Waals surface area contributed by atoms with E-state index in [-0.39, 0.29) is 0 Å². The lowest BCUT2D eigenvalue weighted by Gasteiger charge is -1.98. The zero-order valence-electron chi connectivity index (χ0n) is 5.75. The number of hydrogen-bond donors (Lipinski definition) is 2. The molecule has 1 aromatic heterocycles. The fourth-order valence-electron chi connectivity index (χ4n) is 0.719. The summed E-state index contributed by atoms with van der Waals surface area (Å²) in [5, 5.41) is 3.00. The fraction of sp³-hybridized carbons (Fsp3) is 0.286. The third kappa shape index (κ3) is 2.13. The Morgan fingerprint density at radius 2 is 2.50 bits per heavy atom. The highest BCUT2D eigenvalue weighted by Gasteiger charge is 1.86. The maximum absolute atomic E-state index is 5.24. The van der Waals surface area contributed by atoms with Crippen LogP contribution >= 0.6 is 0 Å². The molecule has 0 aliphatic heterocycles. The fourth-order valence-corrected chi connectivity index (χ4v) is 0.719. The van der Waals surface area contributed by atoms with Crippen LogP contribution in [0.25, 0.3) is 0 Å². The van der Waals surface area contributed by atoms with Gasteiger partial charge in [0.1, 0.15) is 0 Å². The predicted molar refractivity (Wildman–Crippen MR) is 40.1 cm³/mol. The Balaban J connectivity index is 2.43. The van der Waals surface area contributed by atoms with Gasteiger partial charge in [-0.15, -0.1) is 0 Å². The maximum atomic E-state index is 5.24. The van der Waals surface area contributed by atoms with Crippen molar-refractivity contribution in [3.05, 3.63) is 30.1 Å². The summed E-state index contributed by atoms with van der Waals surface area (Å²) in [6, 6.07) is 3.92. The van der Waals surface area contributed by atoms with Crippen LogP contribution in [0.3, 0.4) is 0 Å². The highest BCUT2D eigenvalue weighted by Crippen LogP contribution is 1.92. The standard InChI is InChI=1S/C7H11N3/c8-6-10-5-7-2-1-3-9-4-7/h1-4,10H,5-6,8H2. The van der Waals surface area contributed by atoms with E-state index in [2.05, 4.69) is 10.3 Å². The molecule has 0 saturated carbocycles. The summed E-state index contributed by atoms with van der Waals surface area (Å²) in [6.45, 7) is 1.30. The lowest BCUT2D eigenvalue weighted by molar-refractivity contribution is 0.707. The summed E-state index contributed by atoms with van der Waals surface area (Å²) in [5.41, 5.74) is 6.40. The largest absolute Gasteiger partial charge is 0.318 e. The second kappa shape index (κ2) is 3.98. The number of pyridine rings is 1. The first-order chi connectivity index (χ1) is 4.93. The van der Waals surface area contributed by atoms with E-state index in [9.17, 15) is 0 Å². The summed E-state index contributed by atoms with van der Waals surface area (Å²) in [6.07, 6.45) is 3.58. The van der Waals surface area contributed by atoms with Gasteiger partial charge in [0.2, 0.25) is 0 Å². The van der Waals surface area contributed by atoms with E-state index >= 15 is 0 Å². The summed E-state index contributed by atoms with van der Waals surface area (Å²) in [5.74, 6) is 0. The molecule has 0 aliphatic rings. The van der Waals surface area contributed by atoms with Crippen molar-refractivity contribution in [3.8, 4) is 0 Å². The van der Waals surface area contributed by atoms with E-state index in [0.717, 1.165) is 12.1 Å². The first-order valence-corrected chi connectivity index (χ1v) is 3.23. The van der Waals surface area contributed by atoms with Crippen LogP contribution in [-0.2, 0) is 6.54 Å². The minimum atomic E-state index is 0.509. The van der Waals surface area contributed by atoms with Crippen molar-refractivity contribution in [2.45, 2.75) is 6.54 Å². The number of nitrogens with two attached hydrogens (primary N) is 1. The molecule has 0 aliphatic carbocycles. The SMILES string of the molecule is NCNCc1cccnc1. The molecule has 10 heavy (non-hydrogen) atoms. The van der Waals surface area contributed by atoms with Crippen molar-refractivity contribution in [1.29, 1.82) is 0 Å². The molecule has 0 unspecified atom stereocenters. The van der Waals surface area contributed by atoms with Crippen LogP contribution in [0.5, 0.6) is 0 Å². The van der Waals surface area contributed by atoms with E-state index in [1.165, 1.54) is 0 Å². The van der Waals surface area contributed by atoms with Crippen molar-refractivity contribution >= 4 is 0 Å². The Labute approximate surface area is 60.3 Å². The van der Waals surface area contributed by atoms with Crippen LogP contribution in [0.15, 0.2) is 24.5 Å². The van der Waals surface area contributed by atoms with Gasteiger partial charge in [0, 0.05) is 25.6 Å². The first-order valence-electron chi connectivity index (χ1n) is 3.23. The molecule has 1 rings (SSSR count). The van der Waals surface area contributed by atoms with Gasteiger partial charge in [-0.2, -0.15) is 0 Å². The van der Waals surface area contributed by atoms with Crippen LogP contribution in [-0.4, -0.2) is 11.7 Å². The second-order valence-electron chi connectivity index (χ2n) is 1.99. The van der Waals surface area contributed by atoms with Crippen molar-refractivity contribution in [2.75, 3.05) is 6.67 Å². The van der Waals surface area contributed by atoms with Gasteiger partial charge in [0.15, 0.2) is 0 Å². The summed E-state index contributed by atoms with van der Waals surface area (Å²) in [4.78, 5) is 3.96. The van der Waals surface area contributed by atoms with Crippen molar-refractivity contribution in [1.82, 2.24) is 10.3 Å². The average Bonchev–Trinajstić information content (AvgIpc) is 2.03. The van der Waals surface area contributed by atoms with E-state index in [4.69, 9.17) is 5.73 Å². The topological polar surface area (TPSA) is 50.9 Å². The quantitative estimate of drug-likeness (QED) is 0.580. The number of rotatable bonds is 3. The van der Waals surface area contributed by atoms with Gasteiger partial charge >= 0.3 is 0 Å². The lowest BCUT2D eigenvalue weighted by Crippen LogP contribution is -2.21. The van der Waals surface area contributed by atoms with Crippen molar-refractivity contribution in [3.63, 3.8) is 0 Å². The smallest absolute Gasteiger partial charge is 0.0431 e. The second-order valence-corrected chi connectivity index (χ2v) is 1.99. The highest BCUT2D eigenvalue weighted by atomic mass is 14.9. The molecule has 3 nitrogen and oxygen atoms in total. The Morgan fingerprint density at radius 3 is 3.10 bits per heavy atom. The summed E-state index contributed by atoms with van der Waals surface area (Å²) < 4.78 is 0. The van der Waals surface area contributed by atoms with E-state index in [1.54, 1.807) is 6.20 Å². The highest BCUT2D eigenvalue weighted by molar-refractivity contribution is 5.07. The number of hydrogen-bond acceptors (Lipinski definition) is 3. The Hall–Kier alpha value is -0.930. The Bertz CT molecular complexity index is 173. The number of nitrogens with zero attached hydrogens (tertiary/aromatic N) is 1. The lowest BCUT2D eigenvalue weighted by atomic mass is 10.3. The molecule has 3 N–H and O–H groups in total. The van der Waals surface area contributed by atoms with Crippen LogP contribution in [0.1, 0.15) is 5.56 Å². The molecule has 0 bridgehead atoms. The third-order valence-corrected chi connectivity index (χ3v) is 1.20. The Kier molecular flexibility index (Phi) is 2.86. The molecule has 0 atom stereocenters. The van der Waals surface area contributed by atoms with Gasteiger partial charge in [-0.25, -0.2) is 0 Å². The molecule has 0 amide bonds. The molecule has 0 aromatic carbocycles. The average molecular weight is 137 g/mol. The van der Waals surface area contributed by atoms with Crippen molar-refractivity contribution < 1.29 is 0 Å². The van der Waals surface area contributed by atoms with E-state index < -0.39 is 0 Å². The summed E-state index contributed by atoms with van der Waals surface area (Å²) in [7, 11) is 0. The van der Waals surface area contributed by atoms with Gasteiger partial charge in [-0.3, -0.25) is 4.98 Å². The van der Waals surface area contributed by atoms with E-state index in [0.29, 0.717) is 6.67 Å².